The van der Waals surface area contributed by atoms with Crippen molar-refractivity contribution in [3.63, 3.8) is 0 Å². The molecule has 1 fully saturated rings. The first-order chi connectivity index (χ1) is 27.7. The molecule has 4 aromatic carbocycles. The van der Waals surface area contributed by atoms with Gasteiger partial charge in [0.05, 0.1) is 35.8 Å². The van der Waals surface area contributed by atoms with Crippen LogP contribution in [-0.2, 0) is 32.2 Å². The van der Waals surface area contributed by atoms with E-state index in [1.165, 1.54) is 11.8 Å². The van der Waals surface area contributed by atoms with Crippen molar-refractivity contribution in [2.75, 3.05) is 16.8 Å². The summed E-state index contributed by atoms with van der Waals surface area (Å²) < 4.78 is 13.1. The van der Waals surface area contributed by atoms with Gasteiger partial charge in [-0.25, -0.2) is 9.78 Å². The molecular weight excluding hydrogens is 741 g/mol. The van der Waals surface area contributed by atoms with Gasteiger partial charge in [-0.2, -0.15) is 0 Å². The normalized spacial score (nSPS) is 16.5. The van der Waals surface area contributed by atoms with E-state index in [0.717, 1.165) is 59.1 Å². The van der Waals surface area contributed by atoms with Crippen LogP contribution in [0.15, 0.2) is 120 Å². The number of thioether (sulfide) groups is 1. The number of nitrogens with zero attached hydrogens (tertiary/aromatic N) is 1. The molecule has 0 saturated carbocycles. The summed E-state index contributed by atoms with van der Waals surface area (Å²) in [7, 11) is 0. The Balaban J connectivity index is 1.03. The van der Waals surface area contributed by atoms with Crippen molar-refractivity contribution in [1.82, 2.24) is 10.3 Å². The van der Waals surface area contributed by atoms with Crippen LogP contribution in [0.5, 0.6) is 0 Å². The zero-order valence-electron chi connectivity index (χ0n) is 31.6. The zero-order chi connectivity index (χ0) is 40.0. The number of pyridine rings is 1. The summed E-state index contributed by atoms with van der Waals surface area (Å²) in [6, 6.07) is 34.1. The number of aliphatic hydroxyl groups excluding tert-OH is 1. The molecule has 0 radical (unpaired) electrons. The van der Waals surface area contributed by atoms with Gasteiger partial charge in [-0.05, 0) is 77.1 Å². The van der Waals surface area contributed by atoms with Gasteiger partial charge in [0.1, 0.15) is 5.03 Å². The van der Waals surface area contributed by atoms with Crippen LogP contribution >= 0.6 is 11.8 Å². The van der Waals surface area contributed by atoms with Crippen molar-refractivity contribution in [1.29, 1.82) is 0 Å². The minimum Gasteiger partial charge on any atom is -0.478 e. The van der Waals surface area contributed by atoms with Crippen LogP contribution in [0.3, 0.4) is 0 Å². The maximum Gasteiger partial charge on any atom is 0.338 e. The lowest BCUT2D eigenvalue weighted by Gasteiger charge is -2.36. The summed E-state index contributed by atoms with van der Waals surface area (Å²) in [5.74, 6) is -0.634. The number of carboxylic acid groups (broad SMARTS) is 1. The number of amides is 2. The SMILES string of the molecule is Nc1ccccc1NC(=O)CCCCCCC(=O)NCc1cccc(-c2cccc(C3OC(CSc4ncccc4C(=O)O)CC(c4ccc(CO)cc4)O3)c2)c1. The van der Waals surface area contributed by atoms with Crippen molar-refractivity contribution >= 4 is 40.9 Å². The second-order valence-electron chi connectivity index (χ2n) is 14.0. The molecular formula is C45H48N4O7S. The first-order valence-corrected chi connectivity index (χ1v) is 20.2. The molecule has 6 rings (SSSR count). The summed E-state index contributed by atoms with van der Waals surface area (Å²) in [6.07, 6.45) is 4.91. The Morgan fingerprint density at radius 3 is 2.26 bits per heavy atom. The van der Waals surface area contributed by atoms with Gasteiger partial charge < -0.3 is 36.1 Å². The third kappa shape index (κ3) is 12.0. The highest BCUT2D eigenvalue weighted by Crippen LogP contribution is 2.40. The second-order valence-corrected chi connectivity index (χ2v) is 15.0. The number of ether oxygens (including phenoxy) is 2. The molecule has 3 unspecified atom stereocenters. The second kappa shape index (κ2) is 20.6. The number of hydrogen-bond donors (Lipinski definition) is 5. The number of nitrogen functional groups attached to an aromatic ring is 1. The van der Waals surface area contributed by atoms with Gasteiger partial charge in [-0.15, -0.1) is 11.8 Å². The molecule has 2 heterocycles. The van der Waals surface area contributed by atoms with E-state index in [0.29, 0.717) is 48.0 Å². The van der Waals surface area contributed by atoms with Gasteiger partial charge in [-0.1, -0.05) is 85.6 Å². The van der Waals surface area contributed by atoms with Crippen molar-refractivity contribution in [3.8, 4) is 11.1 Å². The Hall–Kier alpha value is -5.53. The van der Waals surface area contributed by atoms with Gasteiger partial charge in [0.2, 0.25) is 11.8 Å². The summed E-state index contributed by atoms with van der Waals surface area (Å²) in [6.45, 7) is 0.351. The topological polar surface area (TPSA) is 173 Å². The molecule has 1 saturated heterocycles. The highest BCUT2D eigenvalue weighted by molar-refractivity contribution is 7.99. The Morgan fingerprint density at radius 2 is 1.51 bits per heavy atom. The van der Waals surface area contributed by atoms with E-state index in [1.54, 1.807) is 30.5 Å². The lowest BCUT2D eigenvalue weighted by molar-refractivity contribution is -0.245. The van der Waals surface area contributed by atoms with Gasteiger partial charge in [0.15, 0.2) is 6.29 Å². The minimum absolute atomic E-state index is 0.0122. The van der Waals surface area contributed by atoms with E-state index in [9.17, 15) is 24.6 Å². The number of nitrogens with one attached hydrogen (secondary N) is 2. The third-order valence-corrected chi connectivity index (χ3v) is 10.9. The number of carboxylic acids is 1. The van der Waals surface area contributed by atoms with Crippen LogP contribution in [-0.4, -0.2) is 44.8 Å². The first-order valence-electron chi connectivity index (χ1n) is 19.2. The lowest BCUT2D eigenvalue weighted by Crippen LogP contribution is -2.31. The number of carbonyl (C=O) groups excluding carboxylic acids is 2. The van der Waals surface area contributed by atoms with E-state index < -0.39 is 12.3 Å². The minimum atomic E-state index is -1.03. The molecule has 5 aromatic rings. The summed E-state index contributed by atoms with van der Waals surface area (Å²) in [4.78, 5) is 41.0. The maximum atomic E-state index is 12.7. The Morgan fingerprint density at radius 1 is 0.772 bits per heavy atom. The van der Waals surface area contributed by atoms with Gasteiger partial charge >= 0.3 is 5.97 Å². The number of aromatic nitrogens is 1. The third-order valence-electron chi connectivity index (χ3n) is 9.72. The Labute approximate surface area is 337 Å². The van der Waals surface area contributed by atoms with Crippen molar-refractivity contribution in [3.05, 3.63) is 143 Å². The van der Waals surface area contributed by atoms with Crippen LogP contribution in [0.25, 0.3) is 11.1 Å². The van der Waals surface area contributed by atoms with Crippen molar-refractivity contribution in [2.24, 2.45) is 0 Å². The van der Waals surface area contributed by atoms with Crippen LogP contribution in [0.4, 0.5) is 11.4 Å². The number of unbranched alkanes of at least 4 members (excludes halogenated alkanes) is 3. The number of para-hydroxylation sites is 2. The number of aliphatic hydroxyl groups is 1. The Bertz CT molecular complexity index is 2130. The summed E-state index contributed by atoms with van der Waals surface area (Å²) in [5.41, 5.74) is 12.7. The number of hydrogen-bond acceptors (Lipinski definition) is 9. The first kappa shape index (κ1) is 41.1. The number of anilines is 2. The molecule has 0 bridgehead atoms. The fourth-order valence-electron chi connectivity index (χ4n) is 6.63. The monoisotopic (exact) mass is 788 g/mol. The zero-order valence-corrected chi connectivity index (χ0v) is 32.5. The largest absolute Gasteiger partial charge is 0.478 e. The summed E-state index contributed by atoms with van der Waals surface area (Å²) >= 11 is 1.35. The molecule has 12 heteroatoms. The quantitative estimate of drug-likeness (QED) is 0.0329. The van der Waals surface area contributed by atoms with E-state index >= 15 is 0 Å². The fourth-order valence-corrected chi connectivity index (χ4v) is 7.63. The average Bonchev–Trinajstić information content (AvgIpc) is 3.24. The molecule has 1 aromatic heterocycles. The smallest absolute Gasteiger partial charge is 0.338 e. The highest BCUT2D eigenvalue weighted by atomic mass is 32.2. The predicted octanol–water partition coefficient (Wildman–Crippen LogP) is 8.45. The maximum absolute atomic E-state index is 12.7. The van der Waals surface area contributed by atoms with Crippen LogP contribution in [0.1, 0.15) is 90.0 Å². The molecule has 57 heavy (non-hydrogen) atoms. The van der Waals surface area contributed by atoms with E-state index in [-0.39, 0.29) is 36.2 Å². The average molecular weight is 789 g/mol. The van der Waals surface area contributed by atoms with Crippen molar-refractivity contribution in [2.45, 2.75) is 81.6 Å². The van der Waals surface area contributed by atoms with Crippen LogP contribution in [0.2, 0.25) is 0 Å². The van der Waals surface area contributed by atoms with Gasteiger partial charge in [0, 0.05) is 43.3 Å². The van der Waals surface area contributed by atoms with Gasteiger partial charge in [-0.3, -0.25) is 9.59 Å². The number of aromatic carboxylic acids is 1. The van der Waals surface area contributed by atoms with Crippen LogP contribution in [0, 0.1) is 0 Å². The lowest BCUT2D eigenvalue weighted by atomic mass is 9.99. The molecule has 2 amide bonds. The standard InChI is InChI=1S/C45H48N4O7S/c46-38-15-5-6-16-39(38)49-42(52)18-4-2-1-3-17-41(51)48-27-31-10-7-11-33(24-31)34-12-8-13-35(25-34)45-55-36(29-57-43-37(44(53)54)14-9-23-47-43)26-40(56-45)32-21-19-30(28-50)20-22-32/h5-16,19-25,36,40,45,50H,1-4,17-18,26-29,46H2,(H,48,51)(H,49,52)(H,53,54). The Kier molecular flexibility index (Phi) is 14.8. The predicted molar refractivity (Wildman–Crippen MR) is 221 cm³/mol. The number of carbonyl (C=O) groups is 3. The van der Waals surface area contributed by atoms with E-state index in [1.807, 2.05) is 78.9 Å². The number of nitrogens with two attached hydrogens (primary N) is 1. The molecule has 11 nitrogen and oxygen atoms in total. The highest BCUT2D eigenvalue weighted by Gasteiger charge is 2.33. The van der Waals surface area contributed by atoms with Crippen LogP contribution < -0.4 is 16.4 Å². The number of benzene rings is 4. The van der Waals surface area contributed by atoms with E-state index in [4.69, 9.17) is 15.2 Å². The molecule has 0 spiro atoms. The number of rotatable bonds is 18. The summed E-state index contributed by atoms with van der Waals surface area (Å²) in [5, 5.41) is 25.6. The van der Waals surface area contributed by atoms with Crippen molar-refractivity contribution < 1.29 is 34.1 Å². The molecule has 296 valence electrons. The van der Waals surface area contributed by atoms with Gasteiger partial charge in [0.25, 0.3) is 0 Å². The molecule has 3 atom stereocenters. The molecule has 1 aliphatic rings. The fraction of sp³-hybridized carbons (Fsp3) is 0.289. The van der Waals surface area contributed by atoms with E-state index in [2.05, 4.69) is 21.7 Å². The molecule has 1 aliphatic heterocycles. The molecule has 6 N–H and O–H groups in total. The molecule has 0 aliphatic carbocycles.